The number of hydrogen-bond acceptors (Lipinski definition) is 2. The minimum Gasteiger partial charge on any atom is -0.286 e. The number of benzene rings is 1. The van der Waals surface area contributed by atoms with Crippen molar-refractivity contribution in [3.63, 3.8) is 0 Å². The highest BCUT2D eigenvalue weighted by molar-refractivity contribution is 5.45. The second-order valence-electron chi connectivity index (χ2n) is 3.13. The van der Waals surface area contributed by atoms with Crippen LogP contribution in [0.3, 0.4) is 0 Å². The lowest BCUT2D eigenvalue weighted by Gasteiger charge is -2.11. The van der Waals surface area contributed by atoms with Crippen LogP contribution in [0.1, 0.15) is 16.7 Å². The molecule has 0 aliphatic rings. The lowest BCUT2D eigenvalue weighted by molar-refractivity contribution is -0.152. The van der Waals surface area contributed by atoms with Crippen LogP contribution < -0.4 is 0 Å². The molecule has 0 saturated carbocycles. The van der Waals surface area contributed by atoms with E-state index in [1.807, 2.05) is 32.0 Å². The van der Waals surface area contributed by atoms with E-state index >= 15 is 0 Å². The van der Waals surface area contributed by atoms with E-state index in [-0.39, 0.29) is 6.54 Å². The molecule has 0 spiro atoms. The fourth-order valence-corrected chi connectivity index (χ4v) is 1.18. The van der Waals surface area contributed by atoms with Crippen LogP contribution in [0.4, 0.5) is 0 Å². The molecule has 1 aromatic carbocycles. The van der Waals surface area contributed by atoms with Gasteiger partial charge in [0, 0.05) is 0 Å². The Morgan fingerprint density at radius 1 is 1.46 bits per heavy atom. The molecule has 0 fully saturated rings. The topological polar surface area (TPSA) is 40.5 Å². The summed E-state index contributed by atoms with van der Waals surface area (Å²) in [5, 5.41) is 9.63. The summed E-state index contributed by atoms with van der Waals surface area (Å²) in [5.41, 5.74) is 3.17. The van der Waals surface area contributed by atoms with Gasteiger partial charge >= 0.3 is 0 Å². The average Bonchev–Trinajstić information content (AvgIpc) is 2.11. The minimum atomic E-state index is 0.247. The van der Waals surface area contributed by atoms with Crippen molar-refractivity contribution in [3.05, 3.63) is 34.9 Å². The molecule has 0 atom stereocenters. The second kappa shape index (κ2) is 4.05. The number of nitrogens with zero attached hydrogens (tertiary/aromatic N) is 1. The highest BCUT2D eigenvalue weighted by atomic mass is 16.5. The van der Waals surface area contributed by atoms with Crippen molar-refractivity contribution in [3.8, 4) is 0 Å². The average molecular weight is 179 g/mol. The first kappa shape index (κ1) is 9.74. The Hall–Kier alpha value is -1.35. The molecule has 1 aromatic rings. The van der Waals surface area contributed by atoms with E-state index in [0.29, 0.717) is 11.5 Å². The third kappa shape index (κ3) is 2.56. The van der Waals surface area contributed by atoms with Crippen LogP contribution in [0.15, 0.2) is 18.2 Å². The van der Waals surface area contributed by atoms with Gasteiger partial charge in [0.15, 0.2) is 0 Å². The molecule has 70 valence electrons. The summed E-state index contributed by atoms with van der Waals surface area (Å²) in [7, 11) is 0. The SMILES string of the molecule is Cc1ccc(C)c(CN(O)C=O)c1. The zero-order valence-electron chi connectivity index (χ0n) is 7.82. The Kier molecular flexibility index (Phi) is 3.03. The first-order valence-electron chi connectivity index (χ1n) is 4.10. The molecule has 1 N–H and O–H groups in total. The zero-order valence-corrected chi connectivity index (χ0v) is 7.82. The molecular formula is C10H13NO2. The molecule has 3 heteroatoms. The van der Waals surface area contributed by atoms with E-state index in [9.17, 15) is 4.79 Å². The first-order chi connectivity index (χ1) is 6.13. The third-order valence-corrected chi connectivity index (χ3v) is 1.96. The molecule has 0 radical (unpaired) electrons. The number of hydroxylamine groups is 2. The minimum absolute atomic E-state index is 0.247. The number of carbonyl (C=O) groups is 1. The van der Waals surface area contributed by atoms with Gasteiger partial charge < -0.3 is 0 Å². The van der Waals surface area contributed by atoms with E-state index in [1.54, 1.807) is 0 Å². The number of amides is 1. The van der Waals surface area contributed by atoms with Crippen LogP contribution in [0, 0.1) is 13.8 Å². The summed E-state index contributed by atoms with van der Waals surface area (Å²) >= 11 is 0. The van der Waals surface area contributed by atoms with Crippen molar-refractivity contribution in [2.45, 2.75) is 20.4 Å². The van der Waals surface area contributed by atoms with Crippen molar-refractivity contribution < 1.29 is 10.0 Å². The number of hydrogen-bond donors (Lipinski definition) is 1. The number of carbonyl (C=O) groups excluding carboxylic acids is 1. The highest BCUT2D eigenvalue weighted by Gasteiger charge is 2.02. The van der Waals surface area contributed by atoms with Gasteiger partial charge in [-0.3, -0.25) is 10.0 Å². The van der Waals surface area contributed by atoms with Crippen LogP contribution in [-0.2, 0) is 11.3 Å². The third-order valence-electron chi connectivity index (χ3n) is 1.96. The maximum absolute atomic E-state index is 10.2. The molecule has 0 heterocycles. The summed E-state index contributed by atoms with van der Waals surface area (Å²) in [6.45, 7) is 4.18. The molecule has 0 bridgehead atoms. The zero-order chi connectivity index (χ0) is 9.84. The van der Waals surface area contributed by atoms with Crippen LogP contribution in [0.5, 0.6) is 0 Å². The predicted molar refractivity (Wildman–Crippen MR) is 49.3 cm³/mol. The van der Waals surface area contributed by atoms with Gasteiger partial charge in [-0.1, -0.05) is 23.8 Å². The summed E-state index contributed by atoms with van der Waals surface area (Å²) < 4.78 is 0. The van der Waals surface area contributed by atoms with Crippen LogP contribution in [0.25, 0.3) is 0 Å². The van der Waals surface area contributed by atoms with Gasteiger partial charge in [0.05, 0.1) is 6.54 Å². The normalized spacial score (nSPS) is 9.77. The molecule has 13 heavy (non-hydrogen) atoms. The molecule has 1 amide bonds. The van der Waals surface area contributed by atoms with E-state index in [0.717, 1.165) is 16.7 Å². The summed E-state index contributed by atoms with van der Waals surface area (Å²) in [4.78, 5) is 10.2. The Morgan fingerprint density at radius 3 is 2.77 bits per heavy atom. The van der Waals surface area contributed by atoms with Gasteiger partial charge in [0.2, 0.25) is 6.41 Å². The molecule has 0 aromatic heterocycles. The van der Waals surface area contributed by atoms with Gasteiger partial charge in [-0.2, -0.15) is 0 Å². The highest BCUT2D eigenvalue weighted by Crippen LogP contribution is 2.11. The molecule has 1 rings (SSSR count). The summed E-state index contributed by atoms with van der Waals surface area (Å²) in [6, 6.07) is 5.94. The van der Waals surface area contributed by atoms with Crippen molar-refractivity contribution in [1.29, 1.82) is 0 Å². The Labute approximate surface area is 77.6 Å². The van der Waals surface area contributed by atoms with Crippen molar-refractivity contribution in [1.82, 2.24) is 5.06 Å². The van der Waals surface area contributed by atoms with Gasteiger partial charge in [0.1, 0.15) is 0 Å². The van der Waals surface area contributed by atoms with Crippen molar-refractivity contribution >= 4 is 6.41 Å². The van der Waals surface area contributed by atoms with Gasteiger partial charge in [-0.15, -0.1) is 0 Å². The van der Waals surface area contributed by atoms with Gasteiger partial charge in [0.25, 0.3) is 0 Å². The molecule has 0 aliphatic carbocycles. The largest absolute Gasteiger partial charge is 0.286 e. The van der Waals surface area contributed by atoms with Gasteiger partial charge in [-0.05, 0) is 25.0 Å². The van der Waals surface area contributed by atoms with E-state index in [2.05, 4.69) is 0 Å². The molecule has 3 nitrogen and oxygen atoms in total. The lowest BCUT2D eigenvalue weighted by atomic mass is 10.1. The molecule has 0 aliphatic heterocycles. The van der Waals surface area contributed by atoms with Crippen molar-refractivity contribution in [2.75, 3.05) is 0 Å². The molecule has 0 saturated heterocycles. The van der Waals surface area contributed by atoms with E-state index < -0.39 is 0 Å². The second-order valence-corrected chi connectivity index (χ2v) is 3.13. The fraction of sp³-hybridized carbons (Fsp3) is 0.300. The smallest absolute Gasteiger partial charge is 0.233 e. The monoisotopic (exact) mass is 179 g/mol. The Morgan fingerprint density at radius 2 is 2.15 bits per heavy atom. The standard InChI is InChI=1S/C10H13NO2/c1-8-3-4-9(2)10(5-8)6-11(13)7-12/h3-5,7,13H,6H2,1-2H3. The number of rotatable bonds is 3. The van der Waals surface area contributed by atoms with E-state index in [1.165, 1.54) is 0 Å². The quantitative estimate of drug-likeness (QED) is 0.435. The lowest BCUT2D eigenvalue weighted by Crippen LogP contribution is -2.16. The van der Waals surface area contributed by atoms with Crippen LogP contribution in [-0.4, -0.2) is 16.7 Å². The van der Waals surface area contributed by atoms with Crippen LogP contribution >= 0.6 is 0 Å². The van der Waals surface area contributed by atoms with Gasteiger partial charge in [-0.25, -0.2) is 5.06 Å². The predicted octanol–water partition coefficient (Wildman–Crippen LogP) is 1.65. The fourth-order valence-electron chi connectivity index (χ4n) is 1.18. The number of aryl methyl sites for hydroxylation is 2. The Bertz CT molecular complexity index is 310. The Balaban J connectivity index is 2.86. The summed E-state index contributed by atoms with van der Waals surface area (Å²) in [5.74, 6) is 0. The van der Waals surface area contributed by atoms with Crippen molar-refractivity contribution in [2.24, 2.45) is 0 Å². The molecule has 0 unspecified atom stereocenters. The van der Waals surface area contributed by atoms with E-state index in [4.69, 9.17) is 5.21 Å². The molecular weight excluding hydrogens is 166 g/mol. The first-order valence-corrected chi connectivity index (χ1v) is 4.10. The summed E-state index contributed by atoms with van der Waals surface area (Å²) in [6.07, 6.45) is 0.405. The maximum Gasteiger partial charge on any atom is 0.233 e. The maximum atomic E-state index is 10.2. The van der Waals surface area contributed by atoms with Crippen LogP contribution in [0.2, 0.25) is 0 Å².